The van der Waals surface area contributed by atoms with Gasteiger partial charge in [-0.3, -0.25) is 14.2 Å². The van der Waals surface area contributed by atoms with Gasteiger partial charge in [-0.25, -0.2) is 4.98 Å². The SMILES string of the molecule is COc1cc2nc(SCC(=O)NCc3ccccc3)n(CCC3=CCCCC3)c(=O)c2cc1OC. The van der Waals surface area contributed by atoms with Crippen LogP contribution in [0.2, 0.25) is 0 Å². The Morgan fingerprint density at radius 2 is 1.89 bits per heavy atom. The number of nitrogens with zero attached hydrogens (tertiary/aromatic N) is 2. The van der Waals surface area contributed by atoms with Crippen molar-refractivity contribution in [3.05, 3.63) is 70.0 Å². The summed E-state index contributed by atoms with van der Waals surface area (Å²) in [5, 5.41) is 3.94. The van der Waals surface area contributed by atoms with Crippen molar-refractivity contribution >= 4 is 28.6 Å². The third kappa shape index (κ3) is 6.25. The van der Waals surface area contributed by atoms with Crippen molar-refractivity contribution in [2.24, 2.45) is 0 Å². The number of benzene rings is 2. The molecule has 184 valence electrons. The number of carbonyl (C=O) groups excluding carboxylic acids is 1. The van der Waals surface area contributed by atoms with Gasteiger partial charge in [-0.05, 0) is 43.7 Å². The van der Waals surface area contributed by atoms with E-state index in [1.165, 1.54) is 30.2 Å². The number of hydrogen-bond donors (Lipinski definition) is 1. The third-order valence-corrected chi connectivity index (χ3v) is 7.11. The van der Waals surface area contributed by atoms with Crippen molar-refractivity contribution in [2.75, 3.05) is 20.0 Å². The summed E-state index contributed by atoms with van der Waals surface area (Å²) in [7, 11) is 3.10. The topological polar surface area (TPSA) is 82.5 Å². The van der Waals surface area contributed by atoms with Crippen molar-refractivity contribution in [2.45, 2.75) is 50.4 Å². The highest BCUT2D eigenvalue weighted by atomic mass is 32.2. The minimum atomic E-state index is -0.139. The molecule has 1 aromatic heterocycles. The van der Waals surface area contributed by atoms with E-state index in [0.717, 1.165) is 24.8 Å². The van der Waals surface area contributed by atoms with Gasteiger partial charge in [0.2, 0.25) is 5.91 Å². The molecule has 0 spiro atoms. The van der Waals surface area contributed by atoms with Crippen LogP contribution in [0.25, 0.3) is 10.9 Å². The molecule has 0 unspecified atom stereocenters. The van der Waals surface area contributed by atoms with Crippen LogP contribution in [-0.4, -0.2) is 35.4 Å². The third-order valence-electron chi connectivity index (χ3n) is 6.13. The van der Waals surface area contributed by atoms with Crippen LogP contribution >= 0.6 is 11.8 Å². The number of amides is 1. The minimum Gasteiger partial charge on any atom is -0.493 e. The lowest BCUT2D eigenvalue weighted by atomic mass is 9.97. The van der Waals surface area contributed by atoms with Gasteiger partial charge in [0.15, 0.2) is 16.7 Å². The van der Waals surface area contributed by atoms with Gasteiger partial charge in [-0.2, -0.15) is 0 Å². The molecule has 0 saturated carbocycles. The lowest BCUT2D eigenvalue weighted by Crippen LogP contribution is -2.27. The molecule has 3 aromatic rings. The van der Waals surface area contributed by atoms with Crippen LogP contribution in [0.5, 0.6) is 11.5 Å². The minimum absolute atomic E-state index is 0.109. The Hall–Kier alpha value is -3.26. The van der Waals surface area contributed by atoms with Gasteiger partial charge in [-0.15, -0.1) is 0 Å². The maximum absolute atomic E-state index is 13.5. The van der Waals surface area contributed by atoms with E-state index in [-0.39, 0.29) is 17.2 Å². The zero-order valence-electron chi connectivity index (χ0n) is 20.2. The molecule has 0 aliphatic heterocycles. The normalized spacial score (nSPS) is 13.4. The molecule has 0 bridgehead atoms. The molecule has 35 heavy (non-hydrogen) atoms. The fourth-order valence-electron chi connectivity index (χ4n) is 4.20. The van der Waals surface area contributed by atoms with Gasteiger partial charge in [-0.1, -0.05) is 53.7 Å². The smallest absolute Gasteiger partial charge is 0.262 e. The summed E-state index contributed by atoms with van der Waals surface area (Å²) in [5.74, 6) is 1.05. The Labute approximate surface area is 209 Å². The van der Waals surface area contributed by atoms with Crippen molar-refractivity contribution < 1.29 is 14.3 Å². The summed E-state index contributed by atoms with van der Waals surface area (Å²) in [4.78, 5) is 30.8. The molecule has 8 heteroatoms. The molecular weight excluding hydrogens is 462 g/mol. The Balaban J connectivity index is 1.58. The van der Waals surface area contributed by atoms with Crippen molar-refractivity contribution in [1.82, 2.24) is 14.9 Å². The van der Waals surface area contributed by atoms with E-state index in [2.05, 4.69) is 11.4 Å². The quantitative estimate of drug-likeness (QED) is 0.250. The van der Waals surface area contributed by atoms with Crippen LogP contribution in [0.3, 0.4) is 0 Å². The number of carbonyl (C=O) groups is 1. The molecule has 1 amide bonds. The number of fused-ring (bicyclic) bond motifs is 1. The first kappa shape index (κ1) is 24.9. The van der Waals surface area contributed by atoms with Crippen molar-refractivity contribution in [3.63, 3.8) is 0 Å². The summed E-state index contributed by atoms with van der Waals surface area (Å²) >= 11 is 1.28. The van der Waals surface area contributed by atoms with Crippen LogP contribution in [-0.2, 0) is 17.9 Å². The average Bonchev–Trinajstić information content (AvgIpc) is 2.90. The van der Waals surface area contributed by atoms with Gasteiger partial charge in [0.1, 0.15) is 0 Å². The highest BCUT2D eigenvalue weighted by Crippen LogP contribution is 2.31. The van der Waals surface area contributed by atoms with Gasteiger partial charge >= 0.3 is 0 Å². The maximum Gasteiger partial charge on any atom is 0.262 e. The molecule has 1 aliphatic carbocycles. The van der Waals surface area contributed by atoms with Crippen LogP contribution in [0.4, 0.5) is 0 Å². The second-order valence-corrected chi connectivity index (χ2v) is 9.43. The summed E-state index contributed by atoms with van der Waals surface area (Å²) in [6.45, 7) is 0.985. The molecule has 2 aromatic carbocycles. The lowest BCUT2D eigenvalue weighted by Gasteiger charge is -2.17. The molecule has 1 aliphatic rings. The molecule has 0 atom stereocenters. The Morgan fingerprint density at radius 1 is 1.11 bits per heavy atom. The molecule has 7 nitrogen and oxygen atoms in total. The first-order valence-corrected chi connectivity index (χ1v) is 12.9. The first-order chi connectivity index (χ1) is 17.1. The van der Waals surface area contributed by atoms with Gasteiger partial charge in [0, 0.05) is 19.2 Å². The number of nitrogens with one attached hydrogen (secondary N) is 1. The van der Waals surface area contributed by atoms with E-state index in [1.54, 1.807) is 30.9 Å². The number of hydrogen-bond acceptors (Lipinski definition) is 6. The molecule has 0 fully saturated rings. The van der Waals surface area contributed by atoms with Crippen molar-refractivity contribution in [1.29, 1.82) is 0 Å². The van der Waals surface area contributed by atoms with Crippen LogP contribution in [0.15, 0.2) is 64.1 Å². The summed E-state index contributed by atoms with van der Waals surface area (Å²) in [6, 6.07) is 13.2. The largest absolute Gasteiger partial charge is 0.493 e. The molecule has 0 saturated heterocycles. The Morgan fingerprint density at radius 3 is 2.60 bits per heavy atom. The molecular formula is C27H31N3O4S. The fraction of sp³-hybridized carbons (Fsp3) is 0.370. The Kier molecular flexibility index (Phi) is 8.47. The number of ether oxygens (including phenoxy) is 2. The van der Waals surface area contributed by atoms with Crippen LogP contribution in [0.1, 0.15) is 37.7 Å². The number of methoxy groups -OCH3 is 2. The fourth-order valence-corrected chi connectivity index (χ4v) is 5.06. The maximum atomic E-state index is 13.5. The standard InChI is InChI=1S/C27H31N3O4S/c1-33-23-15-21-22(16-24(23)34-2)29-27(30(26(21)32)14-13-19-9-5-3-6-10-19)35-18-25(31)28-17-20-11-7-4-8-12-20/h4,7-9,11-12,15-16H,3,5-6,10,13-14,17-18H2,1-2H3,(H,28,31). The highest BCUT2D eigenvalue weighted by Gasteiger charge is 2.17. The predicted molar refractivity (Wildman–Crippen MR) is 139 cm³/mol. The molecule has 4 rings (SSSR count). The highest BCUT2D eigenvalue weighted by molar-refractivity contribution is 7.99. The summed E-state index contributed by atoms with van der Waals surface area (Å²) in [5.41, 5.74) is 2.80. The van der Waals surface area contributed by atoms with E-state index in [9.17, 15) is 9.59 Å². The zero-order chi connectivity index (χ0) is 24.6. The van der Waals surface area contributed by atoms with Crippen LogP contribution < -0.4 is 20.3 Å². The lowest BCUT2D eigenvalue weighted by molar-refractivity contribution is -0.118. The predicted octanol–water partition coefficient (Wildman–Crippen LogP) is 4.71. The van der Waals surface area contributed by atoms with Crippen molar-refractivity contribution in [3.8, 4) is 11.5 Å². The molecule has 1 heterocycles. The van der Waals surface area contributed by atoms with E-state index in [1.807, 2.05) is 30.3 Å². The van der Waals surface area contributed by atoms with Gasteiger partial charge < -0.3 is 14.8 Å². The van der Waals surface area contributed by atoms with Crippen LogP contribution in [0, 0.1) is 0 Å². The number of aromatic nitrogens is 2. The summed E-state index contributed by atoms with van der Waals surface area (Å²) in [6.07, 6.45) is 7.68. The molecule has 1 N–H and O–H groups in total. The second-order valence-electron chi connectivity index (χ2n) is 8.48. The first-order valence-electron chi connectivity index (χ1n) is 11.9. The van der Waals surface area contributed by atoms with E-state index in [0.29, 0.717) is 40.6 Å². The van der Waals surface area contributed by atoms with E-state index < -0.39 is 0 Å². The zero-order valence-corrected chi connectivity index (χ0v) is 21.0. The average molecular weight is 494 g/mol. The van der Waals surface area contributed by atoms with Gasteiger partial charge in [0.05, 0.1) is 30.9 Å². The van der Waals surface area contributed by atoms with E-state index in [4.69, 9.17) is 14.5 Å². The number of thioether (sulfide) groups is 1. The molecule has 0 radical (unpaired) electrons. The second kappa shape index (κ2) is 11.9. The van der Waals surface area contributed by atoms with Gasteiger partial charge in [0.25, 0.3) is 5.56 Å². The monoisotopic (exact) mass is 493 g/mol. The summed E-state index contributed by atoms with van der Waals surface area (Å²) < 4.78 is 12.5. The number of allylic oxidation sites excluding steroid dienone is 2. The van der Waals surface area contributed by atoms with E-state index >= 15 is 0 Å². The Bertz CT molecular complexity index is 1270. The number of rotatable bonds is 10.